The van der Waals surface area contributed by atoms with Gasteiger partial charge in [0, 0.05) is 0 Å². The van der Waals surface area contributed by atoms with Gasteiger partial charge in [-0.2, -0.15) is 12.6 Å². The summed E-state index contributed by atoms with van der Waals surface area (Å²) in [6.07, 6.45) is 2.14. The fraction of sp³-hybridized carbons (Fsp3) is 0.400. The van der Waals surface area contributed by atoms with Gasteiger partial charge in [0.15, 0.2) is 0 Å². The highest BCUT2D eigenvalue weighted by atomic mass is 32.1. The highest BCUT2D eigenvalue weighted by molar-refractivity contribution is 7.80. The zero-order valence-corrected chi connectivity index (χ0v) is 8.14. The van der Waals surface area contributed by atoms with Crippen molar-refractivity contribution >= 4 is 12.6 Å². The van der Waals surface area contributed by atoms with Gasteiger partial charge in [-0.1, -0.05) is 6.07 Å². The van der Waals surface area contributed by atoms with Crippen LogP contribution in [-0.4, -0.2) is 10.9 Å². The molecule has 1 aromatic carbocycles. The SMILES string of the molecule is Cc1cc(O)ccc1CCCS. The van der Waals surface area contributed by atoms with Crippen LogP contribution in [0.2, 0.25) is 0 Å². The van der Waals surface area contributed by atoms with E-state index in [9.17, 15) is 0 Å². The van der Waals surface area contributed by atoms with E-state index in [0.29, 0.717) is 5.75 Å². The zero-order chi connectivity index (χ0) is 8.97. The average molecular weight is 182 g/mol. The maximum atomic E-state index is 9.15. The normalized spacial score (nSPS) is 10.2. The molecule has 0 aromatic heterocycles. The molecule has 1 N–H and O–H groups in total. The Morgan fingerprint density at radius 3 is 2.75 bits per heavy atom. The Kier molecular flexibility index (Phi) is 3.48. The summed E-state index contributed by atoms with van der Waals surface area (Å²) in [4.78, 5) is 0. The van der Waals surface area contributed by atoms with Crippen LogP contribution in [0.3, 0.4) is 0 Å². The van der Waals surface area contributed by atoms with Crippen LogP contribution in [0.4, 0.5) is 0 Å². The topological polar surface area (TPSA) is 20.2 Å². The van der Waals surface area contributed by atoms with Gasteiger partial charge in [-0.05, 0) is 48.8 Å². The van der Waals surface area contributed by atoms with Crippen LogP contribution in [0.15, 0.2) is 18.2 Å². The average Bonchev–Trinajstić information content (AvgIpc) is 2.03. The summed E-state index contributed by atoms with van der Waals surface area (Å²) in [6.45, 7) is 2.02. The molecular formula is C10H14OS. The molecule has 0 aliphatic heterocycles. The zero-order valence-electron chi connectivity index (χ0n) is 7.25. The second-order valence-corrected chi connectivity index (χ2v) is 3.39. The van der Waals surface area contributed by atoms with Crippen molar-refractivity contribution in [1.82, 2.24) is 0 Å². The highest BCUT2D eigenvalue weighted by Crippen LogP contribution is 2.16. The lowest BCUT2D eigenvalue weighted by atomic mass is 10.0. The molecule has 0 fully saturated rings. The molecule has 0 heterocycles. The summed E-state index contributed by atoms with van der Waals surface area (Å²) in [5.41, 5.74) is 2.47. The van der Waals surface area contributed by atoms with E-state index in [-0.39, 0.29) is 0 Å². The van der Waals surface area contributed by atoms with Gasteiger partial charge in [-0.3, -0.25) is 0 Å². The monoisotopic (exact) mass is 182 g/mol. The standard InChI is InChI=1S/C10H14OS/c1-8-7-10(11)5-4-9(8)3-2-6-12/h4-5,7,11-12H,2-3,6H2,1H3. The number of phenolic OH excluding ortho intramolecular Hbond substituents is 1. The van der Waals surface area contributed by atoms with E-state index in [2.05, 4.69) is 12.6 Å². The molecule has 2 heteroatoms. The molecule has 0 amide bonds. The lowest BCUT2D eigenvalue weighted by molar-refractivity contribution is 0.474. The molecule has 0 radical (unpaired) electrons. The largest absolute Gasteiger partial charge is 0.508 e. The first-order valence-corrected chi connectivity index (χ1v) is 4.76. The minimum atomic E-state index is 0.349. The van der Waals surface area contributed by atoms with E-state index in [0.717, 1.165) is 24.2 Å². The molecule has 0 aliphatic carbocycles. The predicted molar refractivity (Wildman–Crippen MR) is 55.0 cm³/mol. The number of benzene rings is 1. The van der Waals surface area contributed by atoms with Crippen molar-refractivity contribution in [2.24, 2.45) is 0 Å². The maximum absolute atomic E-state index is 9.15. The van der Waals surface area contributed by atoms with Crippen molar-refractivity contribution < 1.29 is 5.11 Å². The summed E-state index contributed by atoms with van der Waals surface area (Å²) in [6, 6.07) is 5.52. The van der Waals surface area contributed by atoms with Crippen LogP contribution in [0.25, 0.3) is 0 Å². The molecule has 0 unspecified atom stereocenters. The Labute approximate surface area is 78.8 Å². The number of hydrogen-bond acceptors (Lipinski definition) is 2. The Hall–Kier alpha value is -0.630. The van der Waals surface area contributed by atoms with Gasteiger partial charge < -0.3 is 5.11 Å². The highest BCUT2D eigenvalue weighted by Gasteiger charge is 1.98. The van der Waals surface area contributed by atoms with Gasteiger partial charge in [-0.25, -0.2) is 0 Å². The van der Waals surface area contributed by atoms with Crippen molar-refractivity contribution in [3.8, 4) is 5.75 Å². The number of aryl methyl sites for hydroxylation is 2. The third-order valence-corrected chi connectivity index (χ3v) is 2.25. The van der Waals surface area contributed by atoms with Gasteiger partial charge >= 0.3 is 0 Å². The molecular weight excluding hydrogens is 168 g/mol. The molecule has 0 spiro atoms. The number of phenols is 1. The van der Waals surface area contributed by atoms with Gasteiger partial charge in [0.1, 0.15) is 5.75 Å². The van der Waals surface area contributed by atoms with E-state index in [4.69, 9.17) is 5.11 Å². The minimum absolute atomic E-state index is 0.349. The van der Waals surface area contributed by atoms with E-state index >= 15 is 0 Å². The van der Waals surface area contributed by atoms with Crippen molar-refractivity contribution in [3.05, 3.63) is 29.3 Å². The molecule has 66 valence electrons. The van der Waals surface area contributed by atoms with E-state index in [1.165, 1.54) is 5.56 Å². The first-order valence-electron chi connectivity index (χ1n) is 4.13. The van der Waals surface area contributed by atoms with Crippen LogP contribution in [-0.2, 0) is 6.42 Å². The van der Waals surface area contributed by atoms with Crippen LogP contribution in [0.1, 0.15) is 17.5 Å². The number of thiol groups is 1. The summed E-state index contributed by atoms with van der Waals surface area (Å²) in [5, 5.41) is 9.15. The van der Waals surface area contributed by atoms with Crippen LogP contribution >= 0.6 is 12.6 Å². The molecule has 0 saturated heterocycles. The summed E-state index contributed by atoms with van der Waals surface area (Å²) < 4.78 is 0. The Morgan fingerprint density at radius 1 is 1.42 bits per heavy atom. The second-order valence-electron chi connectivity index (χ2n) is 2.94. The van der Waals surface area contributed by atoms with Crippen LogP contribution < -0.4 is 0 Å². The van der Waals surface area contributed by atoms with Gasteiger partial charge in [-0.15, -0.1) is 0 Å². The van der Waals surface area contributed by atoms with E-state index in [1.807, 2.05) is 13.0 Å². The number of aromatic hydroxyl groups is 1. The molecule has 0 bridgehead atoms. The summed E-state index contributed by atoms with van der Waals surface area (Å²) in [5.74, 6) is 1.27. The van der Waals surface area contributed by atoms with Gasteiger partial charge in [0.25, 0.3) is 0 Å². The molecule has 12 heavy (non-hydrogen) atoms. The first-order chi connectivity index (χ1) is 5.74. The fourth-order valence-corrected chi connectivity index (χ4v) is 1.39. The van der Waals surface area contributed by atoms with Crippen LogP contribution in [0, 0.1) is 6.92 Å². The first kappa shape index (κ1) is 9.46. The molecule has 1 rings (SSSR count). The van der Waals surface area contributed by atoms with Crippen LogP contribution in [0.5, 0.6) is 5.75 Å². The van der Waals surface area contributed by atoms with Crippen molar-refractivity contribution in [1.29, 1.82) is 0 Å². The number of rotatable bonds is 3. The van der Waals surface area contributed by atoms with Gasteiger partial charge in [0.05, 0.1) is 0 Å². The smallest absolute Gasteiger partial charge is 0.115 e. The van der Waals surface area contributed by atoms with Crippen molar-refractivity contribution in [2.75, 3.05) is 5.75 Å². The maximum Gasteiger partial charge on any atom is 0.115 e. The van der Waals surface area contributed by atoms with Crippen molar-refractivity contribution in [3.63, 3.8) is 0 Å². The fourth-order valence-electron chi connectivity index (χ4n) is 1.23. The Balaban J connectivity index is 2.72. The molecule has 1 aromatic rings. The van der Waals surface area contributed by atoms with E-state index < -0.39 is 0 Å². The second kappa shape index (κ2) is 4.41. The van der Waals surface area contributed by atoms with Crippen molar-refractivity contribution in [2.45, 2.75) is 19.8 Å². The molecule has 0 aliphatic rings. The number of hydrogen-bond donors (Lipinski definition) is 2. The predicted octanol–water partition coefficient (Wildman–Crippen LogP) is 2.56. The summed E-state index contributed by atoms with van der Waals surface area (Å²) in [7, 11) is 0. The Bertz CT molecular complexity index is 258. The lowest BCUT2D eigenvalue weighted by Crippen LogP contribution is -1.89. The molecule has 1 nitrogen and oxygen atoms in total. The Morgan fingerprint density at radius 2 is 2.17 bits per heavy atom. The van der Waals surface area contributed by atoms with Gasteiger partial charge in [0.2, 0.25) is 0 Å². The quantitative estimate of drug-likeness (QED) is 0.688. The lowest BCUT2D eigenvalue weighted by Gasteiger charge is -2.04. The molecule has 0 atom stereocenters. The third-order valence-electron chi connectivity index (χ3n) is 1.93. The third kappa shape index (κ3) is 2.45. The molecule has 0 saturated carbocycles. The van der Waals surface area contributed by atoms with E-state index in [1.54, 1.807) is 12.1 Å². The summed E-state index contributed by atoms with van der Waals surface area (Å²) >= 11 is 4.16. The minimum Gasteiger partial charge on any atom is -0.508 e.